The number of aliphatic hydroxyl groups excluding tert-OH is 1. The first-order valence-electron chi connectivity index (χ1n) is 12.7. The molecule has 1 amide bonds. The number of carbonyl (C=O) groups is 1. The van der Waals surface area contributed by atoms with E-state index in [1.165, 1.54) is 0 Å². The van der Waals surface area contributed by atoms with E-state index in [0.29, 0.717) is 24.6 Å². The molecular weight excluding hydrogens is 458 g/mol. The van der Waals surface area contributed by atoms with E-state index in [9.17, 15) is 15.0 Å². The second kappa shape index (κ2) is 10.7. The normalized spacial score (nSPS) is 19.2. The second-order valence-corrected chi connectivity index (χ2v) is 9.74. The van der Waals surface area contributed by atoms with Gasteiger partial charge in [-0.05, 0) is 56.3 Å². The largest absolute Gasteiger partial charge is 0.508 e. The molecule has 1 aromatic carbocycles. The molecule has 1 unspecified atom stereocenters. The Morgan fingerprint density at radius 1 is 1.14 bits per heavy atom. The lowest BCUT2D eigenvalue weighted by Gasteiger charge is -2.36. The number of H-pyrrole nitrogens is 1. The summed E-state index contributed by atoms with van der Waals surface area (Å²) in [6, 6.07) is 11.4. The predicted molar refractivity (Wildman–Crippen MR) is 134 cm³/mol. The van der Waals surface area contributed by atoms with Crippen LogP contribution in [0.2, 0.25) is 0 Å². The molecule has 36 heavy (non-hydrogen) atoms. The van der Waals surface area contributed by atoms with Crippen LogP contribution in [0.25, 0.3) is 11.3 Å². The molecular formula is C27H34N5O4+. The van der Waals surface area contributed by atoms with Crippen molar-refractivity contribution in [1.82, 2.24) is 19.9 Å². The van der Waals surface area contributed by atoms with E-state index in [2.05, 4.69) is 15.0 Å². The van der Waals surface area contributed by atoms with E-state index in [4.69, 9.17) is 4.74 Å². The van der Waals surface area contributed by atoms with Gasteiger partial charge in [0.15, 0.2) is 13.2 Å². The van der Waals surface area contributed by atoms with Gasteiger partial charge < -0.3 is 24.7 Å². The Bertz CT molecular complexity index is 1190. The van der Waals surface area contributed by atoms with Gasteiger partial charge in [-0.3, -0.25) is 4.79 Å². The van der Waals surface area contributed by atoms with Crippen LogP contribution in [0.4, 0.5) is 0 Å². The number of hydrogen-bond donors (Lipinski definition) is 3. The number of aromatic amines is 1. The highest BCUT2D eigenvalue weighted by atomic mass is 16.5. The molecule has 2 aromatic heterocycles. The summed E-state index contributed by atoms with van der Waals surface area (Å²) in [4.78, 5) is 20.7. The molecule has 0 saturated carbocycles. The number of hydrogen-bond acceptors (Lipinski definition) is 6. The van der Waals surface area contributed by atoms with Crippen LogP contribution in [0.5, 0.6) is 17.4 Å². The van der Waals surface area contributed by atoms with Gasteiger partial charge >= 0.3 is 0 Å². The Hall–Kier alpha value is -3.43. The number of piperidine rings is 1. The lowest BCUT2D eigenvalue weighted by atomic mass is 10.0. The number of rotatable bonds is 8. The van der Waals surface area contributed by atoms with Gasteiger partial charge in [0.05, 0.1) is 0 Å². The number of likely N-dealkylation sites (tertiary alicyclic amines) is 2. The molecule has 2 fully saturated rings. The summed E-state index contributed by atoms with van der Waals surface area (Å²) in [5.74, 6) is 1.14. The van der Waals surface area contributed by atoms with Crippen molar-refractivity contribution in [3.8, 4) is 28.6 Å². The number of nitrogens with one attached hydrogen (secondary N) is 1. The minimum Gasteiger partial charge on any atom is -0.508 e. The summed E-state index contributed by atoms with van der Waals surface area (Å²) in [6.45, 7) is 3.54. The zero-order chi connectivity index (χ0) is 25.1. The Morgan fingerprint density at radius 3 is 2.61 bits per heavy atom. The van der Waals surface area contributed by atoms with Crippen molar-refractivity contribution in [1.29, 1.82) is 0 Å². The number of carbonyl (C=O) groups excluding carboxylic acids is 1. The van der Waals surface area contributed by atoms with Gasteiger partial charge in [-0.25, -0.2) is 4.98 Å². The molecule has 2 aliphatic rings. The van der Waals surface area contributed by atoms with Crippen LogP contribution in [0.1, 0.15) is 31.2 Å². The van der Waals surface area contributed by atoms with Gasteiger partial charge in [-0.2, -0.15) is 5.10 Å². The van der Waals surface area contributed by atoms with Crippen molar-refractivity contribution in [3.05, 3.63) is 54.4 Å². The summed E-state index contributed by atoms with van der Waals surface area (Å²) < 4.78 is 7.71. The van der Waals surface area contributed by atoms with Crippen LogP contribution < -0.4 is 9.42 Å². The van der Waals surface area contributed by atoms with Crippen LogP contribution in [0.3, 0.4) is 0 Å². The fraction of sp³-hybridized carbons (Fsp3) is 0.444. The third-order valence-corrected chi connectivity index (χ3v) is 7.22. The molecule has 2 saturated heterocycles. The number of nitrogens with zero attached hydrogens (tertiary/aromatic N) is 4. The molecule has 5 rings (SSSR count). The van der Waals surface area contributed by atoms with E-state index in [1.807, 2.05) is 53.2 Å². The lowest BCUT2D eigenvalue weighted by molar-refractivity contribution is -0.726. The minimum absolute atomic E-state index is 0.102. The SMILES string of the molecule is C[n+]1ccc(-c2ccc(Oc3ccc(CCCN4CCC(N5CCC(O)C5=O)CC4)c(O)c3)nc2)[nH]1. The van der Waals surface area contributed by atoms with E-state index >= 15 is 0 Å². The van der Waals surface area contributed by atoms with E-state index in [0.717, 1.165) is 62.1 Å². The Balaban J connectivity index is 1.07. The van der Waals surface area contributed by atoms with Crippen molar-refractivity contribution in [3.63, 3.8) is 0 Å². The fourth-order valence-electron chi connectivity index (χ4n) is 5.15. The smallest absolute Gasteiger partial charge is 0.251 e. The number of phenolic OH excluding ortho intramolecular Hbond substituents is 1. The molecule has 3 N–H and O–H groups in total. The number of pyridine rings is 1. The molecule has 3 aromatic rings. The Labute approximate surface area is 210 Å². The third kappa shape index (κ3) is 5.52. The standard InChI is InChI=1S/C27H33N5O4/c1-30-13-10-23(29-30)20-5-7-26(28-18-20)36-22-6-4-19(25(34)17-22)3-2-12-31-14-8-21(9-15-31)32-16-11-24(33)27(32)35/h4-7,10,13,17-18,21,24,33-34H,2-3,8-9,11-12,14-16H2,1H3/p+1. The number of aromatic hydroxyl groups is 1. The average Bonchev–Trinajstić information content (AvgIpc) is 3.46. The number of ether oxygens (including phenoxy) is 1. The van der Waals surface area contributed by atoms with Crippen molar-refractivity contribution in [2.75, 3.05) is 26.2 Å². The number of amides is 1. The topological polar surface area (TPSA) is 106 Å². The highest BCUT2D eigenvalue weighted by molar-refractivity contribution is 5.83. The molecule has 1 atom stereocenters. The first-order valence-corrected chi connectivity index (χ1v) is 12.7. The van der Waals surface area contributed by atoms with Crippen LogP contribution in [-0.2, 0) is 18.3 Å². The van der Waals surface area contributed by atoms with Crippen LogP contribution in [0.15, 0.2) is 48.8 Å². The molecule has 0 spiro atoms. The maximum absolute atomic E-state index is 12.1. The summed E-state index contributed by atoms with van der Waals surface area (Å²) >= 11 is 0. The quantitative estimate of drug-likeness (QED) is 0.417. The minimum atomic E-state index is -0.803. The zero-order valence-corrected chi connectivity index (χ0v) is 20.6. The van der Waals surface area contributed by atoms with Crippen molar-refractivity contribution < 1.29 is 24.4 Å². The predicted octanol–water partition coefficient (Wildman–Crippen LogP) is 2.39. The van der Waals surface area contributed by atoms with Gasteiger partial charge in [0.25, 0.3) is 5.91 Å². The highest BCUT2D eigenvalue weighted by Gasteiger charge is 2.35. The fourth-order valence-corrected chi connectivity index (χ4v) is 5.15. The van der Waals surface area contributed by atoms with Crippen LogP contribution in [-0.4, -0.2) is 74.3 Å². The van der Waals surface area contributed by atoms with Gasteiger partial charge in [0.1, 0.15) is 23.3 Å². The van der Waals surface area contributed by atoms with Crippen molar-refractivity contribution >= 4 is 5.91 Å². The van der Waals surface area contributed by atoms with Crippen LogP contribution >= 0.6 is 0 Å². The van der Waals surface area contributed by atoms with Crippen molar-refractivity contribution in [2.24, 2.45) is 7.05 Å². The van der Waals surface area contributed by atoms with Gasteiger partial charge in [0, 0.05) is 55.6 Å². The molecule has 0 radical (unpaired) electrons. The molecule has 0 aliphatic carbocycles. The van der Waals surface area contributed by atoms with Gasteiger partial charge in [0.2, 0.25) is 5.88 Å². The number of aryl methyl sites for hydroxylation is 2. The van der Waals surface area contributed by atoms with Crippen LogP contribution in [0, 0.1) is 0 Å². The molecule has 2 aliphatic heterocycles. The van der Waals surface area contributed by atoms with E-state index < -0.39 is 6.10 Å². The molecule has 4 heterocycles. The zero-order valence-electron chi connectivity index (χ0n) is 20.6. The lowest BCUT2D eigenvalue weighted by Crippen LogP contribution is -2.46. The number of phenols is 1. The summed E-state index contributed by atoms with van der Waals surface area (Å²) in [6.07, 6.45) is 7.08. The third-order valence-electron chi connectivity index (χ3n) is 7.22. The summed E-state index contributed by atoms with van der Waals surface area (Å²) in [5, 5.41) is 23.4. The summed E-state index contributed by atoms with van der Waals surface area (Å²) in [7, 11) is 1.93. The second-order valence-electron chi connectivity index (χ2n) is 9.74. The maximum atomic E-state index is 12.1. The van der Waals surface area contributed by atoms with Crippen molar-refractivity contribution in [2.45, 2.75) is 44.2 Å². The van der Waals surface area contributed by atoms with E-state index in [-0.39, 0.29) is 17.7 Å². The monoisotopic (exact) mass is 492 g/mol. The van der Waals surface area contributed by atoms with E-state index in [1.54, 1.807) is 12.3 Å². The Morgan fingerprint density at radius 2 is 1.97 bits per heavy atom. The highest BCUT2D eigenvalue weighted by Crippen LogP contribution is 2.29. The molecule has 190 valence electrons. The maximum Gasteiger partial charge on any atom is 0.251 e. The molecule has 0 bridgehead atoms. The Kier molecular flexibility index (Phi) is 7.20. The molecule has 9 nitrogen and oxygen atoms in total. The van der Waals surface area contributed by atoms with Gasteiger partial charge in [-0.15, -0.1) is 4.68 Å². The number of aromatic nitrogens is 3. The first-order chi connectivity index (χ1) is 17.5. The summed E-state index contributed by atoms with van der Waals surface area (Å²) in [5.41, 5.74) is 2.84. The molecule has 9 heteroatoms. The first kappa shape index (κ1) is 24.3. The van der Waals surface area contributed by atoms with Gasteiger partial charge in [-0.1, -0.05) is 6.07 Å². The average molecular weight is 493 g/mol. The number of aliphatic hydroxyl groups is 1. The number of benzene rings is 1.